The number of thioether (sulfide) groups is 1. The Morgan fingerprint density at radius 3 is 2.52 bits per heavy atom. The molecule has 3 rings (SSSR count). The SMILES string of the molecule is CCOc1ccc(NC(=O)CS[C@@H]2CC(=O)N(c3ccccc3)C2=O)cc1. The standard InChI is InChI=1S/C20H20N2O4S/c1-2-26-16-10-8-14(9-11-16)21-18(23)13-27-17-12-19(24)22(20(17)25)15-6-4-3-5-7-15/h3-11,17H,2,12-13H2,1H3,(H,21,23)/t17-/m1/s1. The molecular formula is C20H20N2O4S. The molecule has 1 saturated heterocycles. The van der Waals surface area contributed by atoms with E-state index in [2.05, 4.69) is 5.32 Å². The quantitative estimate of drug-likeness (QED) is 0.743. The summed E-state index contributed by atoms with van der Waals surface area (Å²) in [5, 5.41) is 2.24. The minimum Gasteiger partial charge on any atom is -0.494 e. The number of hydrogen-bond acceptors (Lipinski definition) is 5. The third-order valence-electron chi connectivity index (χ3n) is 3.98. The lowest BCUT2D eigenvalue weighted by Crippen LogP contribution is -2.31. The Hall–Kier alpha value is -2.80. The van der Waals surface area contributed by atoms with Crippen molar-refractivity contribution in [2.45, 2.75) is 18.6 Å². The second kappa shape index (κ2) is 8.73. The molecule has 0 saturated carbocycles. The van der Waals surface area contributed by atoms with E-state index >= 15 is 0 Å². The normalized spacial score (nSPS) is 16.5. The van der Waals surface area contributed by atoms with E-state index in [1.165, 1.54) is 16.7 Å². The van der Waals surface area contributed by atoms with Crippen LogP contribution in [-0.4, -0.2) is 35.3 Å². The fourth-order valence-corrected chi connectivity index (χ4v) is 3.69. The Morgan fingerprint density at radius 1 is 1.15 bits per heavy atom. The minimum absolute atomic E-state index is 0.0968. The average Bonchev–Trinajstić information content (AvgIpc) is 2.96. The van der Waals surface area contributed by atoms with E-state index in [0.29, 0.717) is 18.0 Å². The van der Waals surface area contributed by atoms with E-state index in [-0.39, 0.29) is 29.9 Å². The molecule has 2 aromatic rings. The van der Waals surface area contributed by atoms with Crippen molar-refractivity contribution in [1.29, 1.82) is 0 Å². The van der Waals surface area contributed by atoms with Gasteiger partial charge >= 0.3 is 0 Å². The number of imide groups is 1. The van der Waals surface area contributed by atoms with Crippen molar-refractivity contribution in [3.8, 4) is 5.75 Å². The van der Waals surface area contributed by atoms with Crippen LogP contribution in [0.5, 0.6) is 5.75 Å². The first-order chi connectivity index (χ1) is 13.1. The zero-order chi connectivity index (χ0) is 19.2. The Kier molecular flexibility index (Phi) is 6.13. The van der Waals surface area contributed by atoms with Gasteiger partial charge < -0.3 is 10.1 Å². The van der Waals surface area contributed by atoms with Crippen LogP contribution in [0.2, 0.25) is 0 Å². The molecule has 6 nitrogen and oxygen atoms in total. The molecule has 1 N–H and O–H groups in total. The van der Waals surface area contributed by atoms with Gasteiger partial charge in [0.25, 0.3) is 0 Å². The van der Waals surface area contributed by atoms with Crippen molar-refractivity contribution in [3.63, 3.8) is 0 Å². The van der Waals surface area contributed by atoms with Gasteiger partial charge in [-0.1, -0.05) is 18.2 Å². The Morgan fingerprint density at radius 2 is 1.85 bits per heavy atom. The molecule has 0 aromatic heterocycles. The lowest BCUT2D eigenvalue weighted by Gasteiger charge is -2.14. The minimum atomic E-state index is -0.538. The molecule has 0 bridgehead atoms. The highest BCUT2D eigenvalue weighted by Gasteiger charge is 2.39. The number of carbonyl (C=O) groups is 3. The highest BCUT2D eigenvalue weighted by Crippen LogP contribution is 2.29. The number of ether oxygens (including phenoxy) is 1. The van der Waals surface area contributed by atoms with Crippen molar-refractivity contribution in [3.05, 3.63) is 54.6 Å². The van der Waals surface area contributed by atoms with Gasteiger partial charge in [0.2, 0.25) is 17.7 Å². The average molecular weight is 384 g/mol. The topological polar surface area (TPSA) is 75.7 Å². The van der Waals surface area contributed by atoms with Crippen LogP contribution in [0.25, 0.3) is 0 Å². The van der Waals surface area contributed by atoms with Gasteiger partial charge in [-0.25, -0.2) is 4.90 Å². The summed E-state index contributed by atoms with van der Waals surface area (Å²) in [7, 11) is 0. The summed E-state index contributed by atoms with van der Waals surface area (Å²) < 4.78 is 5.36. The van der Waals surface area contributed by atoms with Gasteiger partial charge in [-0.2, -0.15) is 0 Å². The van der Waals surface area contributed by atoms with Crippen LogP contribution < -0.4 is 15.0 Å². The van der Waals surface area contributed by atoms with Gasteiger partial charge in [0, 0.05) is 12.1 Å². The van der Waals surface area contributed by atoms with Crippen molar-refractivity contribution in [2.24, 2.45) is 0 Å². The maximum atomic E-state index is 12.5. The second-order valence-corrected chi connectivity index (χ2v) is 7.10. The molecule has 1 heterocycles. The number of benzene rings is 2. The molecule has 0 spiro atoms. The maximum Gasteiger partial charge on any atom is 0.247 e. The predicted molar refractivity (Wildman–Crippen MR) is 106 cm³/mol. The van der Waals surface area contributed by atoms with E-state index in [1.54, 1.807) is 48.5 Å². The third kappa shape index (κ3) is 4.68. The predicted octanol–water partition coefficient (Wildman–Crippen LogP) is 3.09. The molecule has 2 aromatic carbocycles. The molecular weight excluding hydrogens is 364 g/mol. The van der Waals surface area contributed by atoms with Crippen molar-refractivity contribution in [2.75, 3.05) is 22.6 Å². The largest absolute Gasteiger partial charge is 0.494 e. The molecule has 0 aliphatic carbocycles. The summed E-state index contributed by atoms with van der Waals surface area (Å²) in [6.07, 6.45) is 0.106. The molecule has 0 unspecified atom stereocenters. The first kappa shape index (κ1) is 19.0. The van der Waals surface area contributed by atoms with E-state index < -0.39 is 5.25 Å². The van der Waals surface area contributed by atoms with Gasteiger partial charge in [-0.05, 0) is 43.3 Å². The lowest BCUT2D eigenvalue weighted by molar-refractivity contribution is -0.121. The highest BCUT2D eigenvalue weighted by atomic mass is 32.2. The molecule has 3 amide bonds. The monoisotopic (exact) mass is 384 g/mol. The summed E-state index contributed by atoms with van der Waals surface area (Å²) >= 11 is 1.18. The number of nitrogens with one attached hydrogen (secondary N) is 1. The summed E-state index contributed by atoms with van der Waals surface area (Å²) in [5.74, 6) is 0.101. The van der Waals surface area contributed by atoms with Crippen LogP contribution in [0.3, 0.4) is 0 Å². The van der Waals surface area contributed by atoms with Crippen LogP contribution >= 0.6 is 11.8 Å². The summed E-state index contributed by atoms with van der Waals surface area (Å²) in [4.78, 5) is 38.1. The Bertz CT molecular complexity index is 824. The van der Waals surface area contributed by atoms with E-state index in [1.807, 2.05) is 13.0 Å². The number of carbonyl (C=O) groups excluding carboxylic acids is 3. The maximum absolute atomic E-state index is 12.5. The smallest absolute Gasteiger partial charge is 0.247 e. The molecule has 1 atom stereocenters. The van der Waals surface area contributed by atoms with Gasteiger partial charge in [0.15, 0.2) is 0 Å². The first-order valence-electron chi connectivity index (χ1n) is 8.64. The van der Waals surface area contributed by atoms with Crippen molar-refractivity contribution in [1.82, 2.24) is 0 Å². The van der Waals surface area contributed by atoms with Crippen LogP contribution in [-0.2, 0) is 14.4 Å². The highest BCUT2D eigenvalue weighted by molar-refractivity contribution is 8.01. The fourth-order valence-electron chi connectivity index (χ4n) is 2.76. The number of nitrogens with zero attached hydrogens (tertiary/aromatic N) is 1. The van der Waals surface area contributed by atoms with Crippen molar-refractivity contribution >= 4 is 40.9 Å². The van der Waals surface area contributed by atoms with Crippen LogP contribution in [0.15, 0.2) is 54.6 Å². The zero-order valence-corrected chi connectivity index (χ0v) is 15.7. The zero-order valence-electron chi connectivity index (χ0n) is 14.9. The van der Waals surface area contributed by atoms with E-state index in [9.17, 15) is 14.4 Å². The van der Waals surface area contributed by atoms with Crippen LogP contribution in [0.1, 0.15) is 13.3 Å². The van der Waals surface area contributed by atoms with Gasteiger partial charge in [0.1, 0.15) is 5.75 Å². The number of hydrogen-bond donors (Lipinski definition) is 1. The summed E-state index contributed by atoms with van der Waals surface area (Å²) in [6.45, 7) is 2.48. The fraction of sp³-hybridized carbons (Fsp3) is 0.250. The molecule has 27 heavy (non-hydrogen) atoms. The Labute approximate surface area is 161 Å². The first-order valence-corrected chi connectivity index (χ1v) is 9.69. The van der Waals surface area contributed by atoms with Crippen LogP contribution in [0, 0.1) is 0 Å². The number of amides is 3. The third-order valence-corrected chi connectivity index (χ3v) is 5.18. The molecule has 7 heteroatoms. The van der Waals surface area contributed by atoms with Gasteiger partial charge in [-0.15, -0.1) is 11.8 Å². The van der Waals surface area contributed by atoms with Gasteiger partial charge in [0.05, 0.1) is 23.3 Å². The molecule has 0 radical (unpaired) electrons. The lowest BCUT2D eigenvalue weighted by atomic mass is 10.3. The molecule has 140 valence electrons. The van der Waals surface area contributed by atoms with E-state index in [4.69, 9.17) is 4.74 Å². The number of anilines is 2. The number of rotatable bonds is 7. The summed E-state index contributed by atoms with van der Waals surface area (Å²) in [6, 6.07) is 15.9. The van der Waals surface area contributed by atoms with Crippen molar-refractivity contribution < 1.29 is 19.1 Å². The molecule has 1 aliphatic rings. The second-order valence-electron chi connectivity index (χ2n) is 5.91. The molecule has 1 fully saturated rings. The van der Waals surface area contributed by atoms with Gasteiger partial charge in [-0.3, -0.25) is 14.4 Å². The molecule has 1 aliphatic heterocycles. The number of para-hydroxylation sites is 1. The Balaban J connectivity index is 1.53. The van der Waals surface area contributed by atoms with E-state index in [0.717, 1.165) is 5.75 Å². The van der Waals surface area contributed by atoms with Crippen LogP contribution in [0.4, 0.5) is 11.4 Å². The summed E-state index contributed by atoms with van der Waals surface area (Å²) in [5.41, 5.74) is 1.22.